The molecule has 156 valence electrons. The lowest BCUT2D eigenvalue weighted by Crippen LogP contribution is -2.15. The third-order valence-corrected chi connectivity index (χ3v) is 5.41. The Balaban J connectivity index is 1.60. The van der Waals surface area contributed by atoms with Crippen LogP contribution in [0.4, 0.5) is 10.1 Å². The van der Waals surface area contributed by atoms with E-state index in [1.165, 1.54) is 23.9 Å². The number of rotatable bonds is 7. The number of para-hydroxylation sites is 1. The number of carbonyl (C=O) groups is 1. The lowest BCUT2D eigenvalue weighted by Gasteiger charge is -2.11. The first-order chi connectivity index (χ1) is 15.2. The fourth-order valence-electron chi connectivity index (χ4n) is 2.98. The number of halogens is 1. The second kappa shape index (κ2) is 9.44. The van der Waals surface area contributed by atoms with Gasteiger partial charge in [0.05, 0.1) is 18.6 Å². The summed E-state index contributed by atoms with van der Waals surface area (Å²) in [4.78, 5) is 12.4. The molecule has 3 aromatic carbocycles. The molecular formula is C23H19FN4O2S. The highest BCUT2D eigenvalue weighted by Crippen LogP contribution is 2.29. The minimum absolute atomic E-state index is 0.0530. The van der Waals surface area contributed by atoms with Gasteiger partial charge in [0.1, 0.15) is 11.6 Å². The zero-order valence-corrected chi connectivity index (χ0v) is 17.5. The number of ether oxygens (including phenoxy) is 1. The van der Waals surface area contributed by atoms with Crippen molar-refractivity contribution in [3.63, 3.8) is 0 Å². The number of anilines is 1. The average Bonchev–Trinajstić information content (AvgIpc) is 3.24. The molecule has 0 spiro atoms. The predicted molar refractivity (Wildman–Crippen MR) is 119 cm³/mol. The van der Waals surface area contributed by atoms with Crippen LogP contribution in [0.2, 0.25) is 0 Å². The summed E-state index contributed by atoms with van der Waals surface area (Å²) in [6.07, 6.45) is 0. The second-order valence-corrected chi connectivity index (χ2v) is 7.46. The first-order valence-electron chi connectivity index (χ1n) is 9.48. The number of methoxy groups -OCH3 is 1. The van der Waals surface area contributed by atoms with Crippen LogP contribution in [-0.4, -0.2) is 33.5 Å². The standard InChI is InChI=1S/C23H19FN4O2S/c1-30-18-13-11-17(12-14-18)28-22(16-7-3-2-4-8-16)26-27-23(28)31-15-21(29)25-20-10-6-5-9-19(20)24/h2-14H,15H2,1H3,(H,25,29). The normalized spacial score (nSPS) is 10.6. The molecule has 0 atom stereocenters. The summed E-state index contributed by atoms with van der Waals surface area (Å²) in [6.45, 7) is 0. The Morgan fingerprint density at radius 2 is 1.71 bits per heavy atom. The monoisotopic (exact) mass is 434 g/mol. The van der Waals surface area contributed by atoms with Crippen molar-refractivity contribution in [2.75, 3.05) is 18.2 Å². The molecule has 0 bridgehead atoms. The number of thioether (sulfide) groups is 1. The maximum atomic E-state index is 13.8. The van der Waals surface area contributed by atoms with E-state index in [0.29, 0.717) is 11.0 Å². The Hall–Kier alpha value is -3.65. The van der Waals surface area contributed by atoms with E-state index >= 15 is 0 Å². The molecule has 0 saturated heterocycles. The van der Waals surface area contributed by atoms with Gasteiger partial charge in [-0.25, -0.2) is 4.39 Å². The minimum Gasteiger partial charge on any atom is -0.497 e. The lowest BCUT2D eigenvalue weighted by molar-refractivity contribution is -0.113. The van der Waals surface area contributed by atoms with Crippen molar-refractivity contribution in [1.29, 1.82) is 0 Å². The number of amides is 1. The Bertz CT molecular complexity index is 1180. The molecular weight excluding hydrogens is 415 g/mol. The van der Waals surface area contributed by atoms with Gasteiger partial charge in [-0.2, -0.15) is 0 Å². The average molecular weight is 434 g/mol. The van der Waals surface area contributed by atoms with Gasteiger partial charge < -0.3 is 10.1 Å². The molecule has 6 nitrogen and oxygen atoms in total. The second-order valence-electron chi connectivity index (χ2n) is 6.52. The van der Waals surface area contributed by atoms with Crippen molar-refractivity contribution in [2.24, 2.45) is 0 Å². The molecule has 0 aliphatic heterocycles. The van der Waals surface area contributed by atoms with E-state index in [4.69, 9.17) is 4.74 Å². The summed E-state index contributed by atoms with van der Waals surface area (Å²) in [5.74, 6) is 0.630. The molecule has 1 heterocycles. The van der Waals surface area contributed by atoms with Crippen molar-refractivity contribution in [3.05, 3.63) is 84.7 Å². The van der Waals surface area contributed by atoms with Crippen LogP contribution in [0.15, 0.2) is 84.0 Å². The maximum absolute atomic E-state index is 13.8. The van der Waals surface area contributed by atoms with Crippen LogP contribution in [0.1, 0.15) is 0 Å². The topological polar surface area (TPSA) is 69.0 Å². The summed E-state index contributed by atoms with van der Waals surface area (Å²) in [5.41, 5.74) is 1.88. The van der Waals surface area contributed by atoms with Crippen LogP contribution in [0.3, 0.4) is 0 Å². The van der Waals surface area contributed by atoms with Crippen molar-refractivity contribution in [2.45, 2.75) is 5.16 Å². The highest BCUT2D eigenvalue weighted by Gasteiger charge is 2.17. The molecule has 1 amide bonds. The lowest BCUT2D eigenvalue weighted by atomic mass is 10.2. The van der Waals surface area contributed by atoms with E-state index in [1.54, 1.807) is 19.2 Å². The van der Waals surface area contributed by atoms with Gasteiger partial charge >= 0.3 is 0 Å². The number of nitrogens with zero attached hydrogens (tertiary/aromatic N) is 3. The molecule has 0 unspecified atom stereocenters. The molecule has 31 heavy (non-hydrogen) atoms. The Morgan fingerprint density at radius 1 is 1.00 bits per heavy atom. The van der Waals surface area contributed by atoms with E-state index in [2.05, 4.69) is 15.5 Å². The Kier molecular flexibility index (Phi) is 6.28. The summed E-state index contributed by atoms with van der Waals surface area (Å²) in [5, 5.41) is 11.8. The number of nitrogens with one attached hydrogen (secondary N) is 1. The number of benzene rings is 3. The van der Waals surface area contributed by atoms with Crippen LogP contribution in [0, 0.1) is 5.82 Å². The SMILES string of the molecule is COc1ccc(-n2c(SCC(=O)Nc3ccccc3F)nnc2-c2ccccc2)cc1. The van der Waals surface area contributed by atoms with Gasteiger partial charge in [0.15, 0.2) is 11.0 Å². The third-order valence-electron chi connectivity index (χ3n) is 4.48. The smallest absolute Gasteiger partial charge is 0.234 e. The van der Waals surface area contributed by atoms with Crippen LogP contribution in [0.5, 0.6) is 5.75 Å². The van der Waals surface area contributed by atoms with Gasteiger partial charge in [0, 0.05) is 11.3 Å². The van der Waals surface area contributed by atoms with E-state index in [9.17, 15) is 9.18 Å². The predicted octanol–water partition coefficient (Wildman–Crippen LogP) is 4.81. The van der Waals surface area contributed by atoms with Gasteiger partial charge in [-0.3, -0.25) is 9.36 Å². The Morgan fingerprint density at radius 3 is 2.42 bits per heavy atom. The van der Waals surface area contributed by atoms with E-state index in [1.807, 2.05) is 59.2 Å². The first-order valence-corrected chi connectivity index (χ1v) is 10.5. The third kappa shape index (κ3) is 4.75. The fourth-order valence-corrected chi connectivity index (χ4v) is 3.73. The van der Waals surface area contributed by atoms with E-state index < -0.39 is 5.82 Å². The molecule has 0 saturated carbocycles. The van der Waals surface area contributed by atoms with Gasteiger partial charge in [-0.15, -0.1) is 10.2 Å². The maximum Gasteiger partial charge on any atom is 0.234 e. The fraction of sp³-hybridized carbons (Fsp3) is 0.0870. The molecule has 4 aromatic rings. The van der Waals surface area contributed by atoms with Crippen LogP contribution < -0.4 is 10.1 Å². The van der Waals surface area contributed by atoms with Crippen LogP contribution in [-0.2, 0) is 4.79 Å². The van der Waals surface area contributed by atoms with Gasteiger partial charge in [0.25, 0.3) is 0 Å². The molecule has 1 aromatic heterocycles. The van der Waals surface area contributed by atoms with Crippen molar-refractivity contribution < 1.29 is 13.9 Å². The molecule has 0 aliphatic rings. The summed E-state index contributed by atoms with van der Waals surface area (Å²) in [6, 6.07) is 23.2. The zero-order chi connectivity index (χ0) is 21.6. The van der Waals surface area contributed by atoms with Crippen molar-refractivity contribution >= 4 is 23.4 Å². The number of carbonyl (C=O) groups excluding carboxylic acids is 1. The highest BCUT2D eigenvalue weighted by molar-refractivity contribution is 7.99. The van der Waals surface area contributed by atoms with Crippen LogP contribution in [0.25, 0.3) is 17.1 Å². The summed E-state index contributed by atoms with van der Waals surface area (Å²) in [7, 11) is 1.61. The van der Waals surface area contributed by atoms with E-state index in [0.717, 1.165) is 17.0 Å². The summed E-state index contributed by atoms with van der Waals surface area (Å²) >= 11 is 1.22. The molecule has 8 heteroatoms. The van der Waals surface area contributed by atoms with Gasteiger partial charge in [0.2, 0.25) is 5.91 Å². The molecule has 0 fully saturated rings. The molecule has 1 N–H and O–H groups in total. The summed E-state index contributed by atoms with van der Waals surface area (Å²) < 4.78 is 20.9. The number of aromatic nitrogens is 3. The highest BCUT2D eigenvalue weighted by atomic mass is 32.2. The first kappa shape index (κ1) is 20.6. The largest absolute Gasteiger partial charge is 0.497 e. The van der Waals surface area contributed by atoms with E-state index in [-0.39, 0.29) is 17.3 Å². The number of hydrogen-bond acceptors (Lipinski definition) is 5. The molecule has 0 radical (unpaired) electrons. The van der Waals surface area contributed by atoms with Gasteiger partial charge in [-0.05, 0) is 36.4 Å². The van der Waals surface area contributed by atoms with Gasteiger partial charge in [-0.1, -0.05) is 54.2 Å². The zero-order valence-electron chi connectivity index (χ0n) is 16.7. The van der Waals surface area contributed by atoms with Crippen molar-refractivity contribution in [1.82, 2.24) is 14.8 Å². The molecule has 0 aliphatic carbocycles. The Labute approximate surface area is 183 Å². The minimum atomic E-state index is -0.478. The van der Waals surface area contributed by atoms with Crippen LogP contribution >= 0.6 is 11.8 Å². The quantitative estimate of drug-likeness (QED) is 0.423. The molecule has 4 rings (SSSR count). The van der Waals surface area contributed by atoms with Crippen molar-refractivity contribution in [3.8, 4) is 22.8 Å². The number of hydrogen-bond donors (Lipinski definition) is 1.